The van der Waals surface area contributed by atoms with Crippen molar-refractivity contribution in [2.75, 3.05) is 51.6 Å². The summed E-state index contributed by atoms with van der Waals surface area (Å²) >= 11 is 0. The first kappa shape index (κ1) is 24.4. The van der Waals surface area contributed by atoms with Crippen LogP contribution in [-0.4, -0.2) is 52.3 Å². The molecule has 4 rings (SSSR count). The number of methoxy groups -OCH3 is 2. The second-order valence-electron chi connectivity index (χ2n) is 8.93. The summed E-state index contributed by atoms with van der Waals surface area (Å²) in [5.74, 6) is 1.23. The Bertz CT molecular complexity index is 1120. The Balaban J connectivity index is 1.50. The maximum atomic E-state index is 12.8. The van der Waals surface area contributed by atoms with Gasteiger partial charge in [0.25, 0.3) is 0 Å². The number of ether oxygens (including phenoxy) is 2. The molecule has 7 heteroatoms. The van der Waals surface area contributed by atoms with Crippen LogP contribution in [-0.2, 0) is 13.0 Å². The normalized spacial score (nSPS) is 13.9. The molecule has 1 aliphatic heterocycles. The van der Waals surface area contributed by atoms with E-state index in [1.54, 1.807) is 32.4 Å². The molecule has 0 radical (unpaired) electrons. The van der Waals surface area contributed by atoms with Gasteiger partial charge in [0.1, 0.15) is 11.5 Å². The lowest BCUT2D eigenvalue weighted by Gasteiger charge is -2.36. The molecule has 0 spiro atoms. The van der Waals surface area contributed by atoms with Crippen molar-refractivity contribution in [2.24, 2.45) is 0 Å². The number of amides is 2. The van der Waals surface area contributed by atoms with Gasteiger partial charge in [0.05, 0.1) is 20.3 Å². The highest BCUT2D eigenvalue weighted by atomic mass is 16.5. The van der Waals surface area contributed by atoms with Crippen LogP contribution < -0.4 is 25.0 Å². The predicted octanol–water partition coefficient (Wildman–Crippen LogP) is 4.69. The molecule has 0 unspecified atom stereocenters. The standard InChI is InChI=1S/C28H34N4O3/c1-31(2)24-11-9-21(10-12-24)27(32-14-13-20-7-5-6-8-22(20)19-32)18-29-28(33)30-23-15-25(34-3)17-26(16-23)35-4/h5-12,15-17,27H,13-14,18-19H2,1-4H3,(H2,29,30,33)/t27-/m0/s1. The Morgan fingerprint density at radius 1 is 0.971 bits per heavy atom. The summed E-state index contributed by atoms with van der Waals surface area (Å²) in [6.07, 6.45) is 0.998. The largest absolute Gasteiger partial charge is 0.497 e. The molecule has 3 aromatic carbocycles. The van der Waals surface area contributed by atoms with Crippen molar-refractivity contribution in [3.05, 3.63) is 83.4 Å². The van der Waals surface area contributed by atoms with E-state index < -0.39 is 0 Å². The van der Waals surface area contributed by atoms with E-state index in [0.717, 1.165) is 25.2 Å². The highest BCUT2D eigenvalue weighted by Crippen LogP contribution is 2.29. The van der Waals surface area contributed by atoms with Crippen LogP contribution in [0.15, 0.2) is 66.7 Å². The first-order chi connectivity index (χ1) is 17.0. The molecule has 0 fully saturated rings. The Morgan fingerprint density at radius 3 is 2.26 bits per heavy atom. The maximum Gasteiger partial charge on any atom is 0.319 e. The van der Waals surface area contributed by atoms with Crippen molar-refractivity contribution in [1.29, 1.82) is 0 Å². The van der Waals surface area contributed by atoms with Gasteiger partial charge in [-0.2, -0.15) is 0 Å². The third kappa shape index (κ3) is 6.05. The summed E-state index contributed by atoms with van der Waals surface area (Å²) in [6.45, 7) is 2.27. The fourth-order valence-electron chi connectivity index (χ4n) is 4.48. The van der Waals surface area contributed by atoms with Crippen molar-refractivity contribution < 1.29 is 14.3 Å². The van der Waals surface area contributed by atoms with Gasteiger partial charge in [-0.05, 0) is 35.2 Å². The molecule has 0 aliphatic carbocycles. The average Bonchev–Trinajstić information content (AvgIpc) is 2.88. The molecular weight excluding hydrogens is 440 g/mol. The van der Waals surface area contributed by atoms with Crippen LogP contribution in [0.1, 0.15) is 22.7 Å². The van der Waals surface area contributed by atoms with E-state index in [0.29, 0.717) is 23.7 Å². The third-order valence-electron chi connectivity index (χ3n) is 6.46. The molecule has 184 valence electrons. The molecule has 0 saturated heterocycles. The average molecular weight is 475 g/mol. The molecule has 1 heterocycles. The molecule has 0 bridgehead atoms. The highest BCUT2D eigenvalue weighted by molar-refractivity contribution is 5.89. The second kappa shape index (κ2) is 11.1. The maximum absolute atomic E-state index is 12.8. The number of urea groups is 1. The van der Waals surface area contributed by atoms with E-state index in [4.69, 9.17) is 9.47 Å². The lowest BCUT2D eigenvalue weighted by atomic mass is 9.96. The second-order valence-corrected chi connectivity index (χ2v) is 8.93. The molecule has 2 N–H and O–H groups in total. The fourth-order valence-corrected chi connectivity index (χ4v) is 4.48. The zero-order valence-electron chi connectivity index (χ0n) is 20.9. The van der Waals surface area contributed by atoms with Crippen LogP contribution in [0.2, 0.25) is 0 Å². The summed E-state index contributed by atoms with van der Waals surface area (Å²) in [5.41, 5.74) is 5.69. The monoisotopic (exact) mass is 474 g/mol. The smallest absolute Gasteiger partial charge is 0.319 e. The van der Waals surface area contributed by atoms with Crippen LogP contribution in [0.5, 0.6) is 11.5 Å². The van der Waals surface area contributed by atoms with Crippen molar-refractivity contribution in [1.82, 2.24) is 10.2 Å². The van der Waals surface area contributed by atoms with Crippen molar-refractivity contribution in [2.45, 2.75) is 19.0 Å². The summed E-state index contributed by atoms with van der Waals surface area (Å²) in [5, 5.41) is 5.99. The number of anilines is 2. The van der Waals surface area contributed by atoms with Crippen LogP contribution in [0, 0.1) is 0 Å². The van der Waals surface area contributed by atoms with Crippen molar-refractivity contribution in [3.8, 4) is 11.5 Å². The van der Waals surface area contributed by atoms with Gasteiger partial charge < -0.3 is 25.0 Å². The third-order valence-corrected chi connectivity index (χ3v) is 6.46. The van der Waals surface area contributed by atoms with Gasteiger partial charge in [0.15, 0.2) is 0 Å². The van der Waals surface area contributed by atoms with E-state index >= 15 is 0 Å². The SMILES string of the molecule is COc1cc(NC(=O)NC[C@@H](c2ccc(N(C)C)cc2)N2CCc3ccccc3C2)cc(OC)c1. The number of benzene rings is 3. The minimum absolute atomic E-state index is 0.0464. The topological polar surface area (TPSA) is 66.1 Å². The van der Waals surface area contributed by atoms with E-state index in [2.05, 4.69) is 69.0 Å². The minimum Gasteiger partial charge on any atom is -0.497 e. The summed E-state index contributed by atoms with van der Waals surface area (Å²) < 4.78 is 10.6. The number of carbonyl (C=O) groups excluding carboxylic acids is 1. The lowest BCUT2D eigenvalue weighted by Crippen LogP contribution is -2.41. The molecule has 3 aromatic rings. The lowest BCUT2D eigenvalue weighted by molar-refractivity contribution is 0.175. The summed E-state index contributed by atoms with van der Waals surface area (Å²) in [6, 6.07) is 22.3. The van der Waals surface area contributed by atoms with Crippen LogP contribution in [0.4, 0.5) is 16.2 Å². The van der Waals surface area contributed by atoms with Gasteiger partial charge in [-0.25, -0.2) is 4.79 Å². The van der Waals surface area contributed by atoms with Gasteiger partial charge in [-0.15, -0.1) is 0 Å². The van der Waals surface area contributed by atoms with E-state index in [-0.39, 0.29) is 12.1 Å². The molecular formula is C28H34N4O3. The fraction of sp³-hybridized carbons (Fsp3) is 0.321. The van der Waals surface area contributed by atoms with E-state index in [1.807, 2.05) is 14.1 Å². The Hall–Kier alpha value is -3.71. The number of hydrogen-bond donors (Lipinski definition) is 2. The quantitative estimate of drug-likeness (QED) is 0.496. The predicted molar refractivity (Wildman–Crippen MR) is 141 cm³/mol. The number of rotatable bonds is 8. The van der Waals surface area contributed by atoms with Crippen LogP contribution >= 0.6 is 0 Å². The van der Waals surface area contributed by atoms with Crippen LogP contribution in [0.25, 0.3) is 0 Å². The molecule has 1 atom stereocenters. The van der Waals surface area contributed by atoms with Crippen molar-refractivity contribution >= 4 is 17.4 Å². The number of nitrogens with one attached hydrogen (secondary N) is 2. The molecule has 35 heavy (non-hydrogen) atoms. The van der Waals surface area contributed by atoms with Gasteiger partial charge >= 0.3 is 6.03 Å². The Morgan fingerprint density at radius 2 is 1.63 bits per heavy atom. The Kier molecular flexibility index (Phi) is 7.77. The zero-order chi connectivity index (χ0) is 24.8. The summed E-state index contributed by atoms with van der Waals surface area (Å²) in [7, 11) is 7.24. The number of hydrogen-bond acceptors (Lipinski definition) is 5. The van der Waals surface area contributed by atoms with Gasteiger partial charge in [-0.1, -0.05) is 36.4 Å². The zero-order valence-corrected chi connectivity index (χ0v) is 20.9. The van der Waals surface area contributed by atoms with E-state index in [1.165, 1.54) is 16.7 Å². The first-order valence-corrected chi connectivity index (χ1v) is 11.8. The molecule has 1 aliphatic rings. The molecule has 0 saturated carbocycles. The first-order valence-electron chi connectivity index (χ1n) is 11.8. The summed E-state index contributed by atoms with van der Waals surface area (Å²) in [4.78, 5) is 17.4. The van der Waals surface area contributed by atoms with Gasteiger partial charge in [0.2, 0.25) is 0 Å². The van der Waals surface area contributed by atoms with Gasteiger partial charge in [-0.3, -0.25) is 4.90 Å². The van der Waals surface area contributed by atoms with Crippen LogP contribution in [0.3, 0.4) is 0 Å². The number of carbonyl (C=O) groups is 1. The highest BCUT2D eigenvalue weighted by Gasteiger charge is 2.25. The molecule has 7 nitrogen and oxygen atoms in total. The van der Waals surface area contributed by atoms with E-state index in [9.17, 15) is 4.79 Å². The van der Waals surface area contributed by atoms with Gasteiger partial charge in [0, 0.05) is 63.3 Å². The number of nitrogens with zero attached hydrogens (tertiary/aromatic N) is 2. The minimum atomic E-state index is -0.271. The molecule has 0 aromatic heterocycles. The van der Waals surface area contributed by atoms with Crippen molar-refractivity contribution in [3.63, 3.8) is 0 Å². The number of fused-ring (bicyclic) bond motifs is 1. The molecule has 2 amide bonds. The Labute approximate surface area is 207 Å².